The molecule has 7 nitrogen and oxygen atoms in total. The summed E-state index contributed by atoms with van der Waals surface area (Å²) in [6.45, 7) is 3.83. The van der Waals surface area contributed by atoms with Gasteiger partial charge in [0.15, 0.2) is 11.5 Å². The first-order valence-electron chi connectivity index (χ1n) is 7.07. The van der Waals surface area contributed by atoms with Gasteiger partial charge in [-0.2, -0.15) is 0 Å². The highest BCUT2D eigenvalue weighted by molar-refractivity contribution is 5.95. The molecule has 0 bridgehead atoms. The number of nitrogens with zero attached hydrogens (tertiary/aromatic N) is 1. The maximum Gasteiger partial charge on any atom is 0.269 e. The van der Waals surface area contributed by atoms with Crippen LogP contribution in [0, 0.1) is 0 Å². The van der Waals surface area contributed by atoms with Crippen LogP contribution in [0.2, 0.25) is 0 Å². The van der Waals surface area contributed by atoms with Crippen LogP contribution in [0.5, 0.6) is 17.2 Å². The maximum atomic E-state index is 12.3. The van der Waals surface area contributed by atoms with Gasteiger partial charge in [-0.3, -0.25) is 20.6 Å². The van der Waals surface area contributed by atoms with Crippen LogP contribution < -0.4 is 25.1 Å². The minimum atomic E-state index is -0.383. The van der Waals surface area contributed by atoms with Gasteiger partial charge >= 0.3 is 0 Å². The van der Waals surface area contributed by atoms with Gasteiger partial charge in [0.05, 0.1) is 32.7 Å². The number of ether oxygens (including phenoxy) is 3. The number of amides is 1. The molecule has 0 aliphatic heterocycles. The minimum Gasteiger partial charge on any atom is -0.493 e. The van der Waals surface area contributed by atoms with E-state index in [-0.39, 0.29) is 5.91 Å². The van der Waals surface area contributed by atoms with Gasteiger partial charge < -0.3 is 14.2 Å². The van der Waals surface area contributed by atoms with E-state index in [2.05, 4.69) is 22.4 Å². The summed E-state index contributed by atoms with van der Waals surface area (Å²) in [5.41, 5.74) is 6.72. The molecule has 0 radical (unpaired) electrons. The predicted molar refractivity (Wildman–Crippen MR) is 90.0 cm³/mol. The first kappa shape index (κ1) is 17.1. The molecule has 1 aromatic carbocycles. The zero-order valence-electron chi connectivity index (χ0n) is 13.8. The van der Waals surface area contributed by atoms with E-state index >= 15 is 0 Å². The number of hydrazine groups is 1. The SMILES string of the molecule is C=C(NNC(=O)c1cc(OC)c(OC)c(OC)c1)c1ccccn1. The summed E-state index contributed by atoms with van der Waals surface area (Å²) >= 11 is 0. The Balaban J connectivity index is 2.13. The lowest BCUT2D eigenvalue weighted by Crippen LogP contribution is -2.36. The highest BCUT2D eigenvalue weighted by Crippen LogP contribution is 2.38. The smallest absolute Gasteiger partial charge is 0.269 e. The average Bonchev–Trinajstić information content (AvgIpc) is 2.65. The van der Waals surface area contributed by atoms with Crippen molar-refractivity contribution in [3.8, 4) is 17.2 Å². The minimum absolute atomic E-state index is 0.339. The number of hydrogen-bond acceptors (Lipinski definition) is 6. The fourth-order valence-electron chi connectivity index (χ4n) is 2.02. The fourth-order valence-corrected chi connectivity index (χ4v) is 2.02. The molecular weight excluding hydrogens is 310 g/mol. The number of aromatic nitrogens is 1. The largest absolute Gasteiger partial charge is 0.493 e. The molecule has 0 fully saturated rings. The Bertz CT molecular complexity index is 707. The number of pyridine rings is 1. The molecule has 0 spiro atoms. The van der Waals surface area contributed by atoms with E-state index in [0.717, 1.165) is 0 Å². The third-order valence-electron chi connectivity index (χ3n) is 3.23. The summed E-state index contributed by atoms with van der Waals surface area (Å²) < 4.78 is 15.7. The average molecular weight is 329 g/mol. The Morgan fingerprint density at radius 3 is 2.21 bits per heavy atom. The van der Waals surface area contributed by atoms with Gasteiger partial charge in [-0.15, -0.1) is 0 Å². The quantitative estimate of drug-likeness (QED) is 0.756. The molecule has 0 unspecified atom stereocenters. The Hall–Kier alpha value is -3.22. The van der Waals surface area contributed by atoms with Crippen LogP contribution in [0.4, 0.5) is 0 Å². The standard InChI is InChI=1S/C17H19N3O4/c1-11(13-7-5-6-8-18-13)19-20-17(21)12-9-14(22-2)16(24-4)15(10-12)23-3/h5-10,19H,1H2,2-4H3,(H,20,21). The van der Waals surface area contributed by atoms with E-state index in [9.17, 15) is 4.79 Å². The first-order chi connectivity index (χ1) is 11.6. The first-order valence-corrected chi connectivity index (χ1v) is 7.07. The molecule has 0 aliphatic carbocycles. The molecule has 126 valence electrons. The number of hydrogen-bond donors (Lipinski definition) is 2. The van der Waals surface area contributed by atoms with Crippen molar-refractivity contribution in [2.45, 2.75) is 0 Å². The van der Waals surface area contributed by atoms with Crippen LogP contribution in [0.15, 0.2) is 43.1 Å². The lowest BCUT2D eigenvalue weighted by atomic mass is 10.1. The fraction of sp³-hybridized carbons (Fsp3) is 0.176. The van der Waals surface area contributed by atoms with Gasteiger partial charge in [0.2, 0.25) is 5.75 Å². The van der Waals surface area contributed by atoms with Crippen molar-refractivity contribution in [2.75, 3.05) is 21.3 Å². The molecule has 2 rings (SSSR count). The van der Waals surface area contributed by atoms with Gasteiger partial charge in [0, 0.05) is 11.8 Å². The Morgan fingerprint density at radius 1 is 1.04 bits per heavy atom. The molecule has 0 aliphatic rings. The van der Waals surface area contributed by atoms with Gasteiger partial charge in [-0.25, -0.2) is 0 Å². The molecule has 2 aromatic rings. The van der Waals surface area contributed by atoms with Crippen LogP contribution >= 0.6 is 0 Å². The number of carbonyl (C=O) groups is 1. The van der Waals surface area contributed by atoms with Crippen molar-refractivity contribution >= 4 is 11.6 Å². The van der Waals surface area contributed by atoms with Crippen molar-refractivity contribution in [1.82, 2.24) is 15.8 Å². The summed E-state index contributed by atoms with van der Waals surface area (Å²) in [6, 6.07) is 8.52. The van der Waals surface area contributed by atoms with E-state index in [1.165, 1.54) is 21.3 Å². The zero-order chi connectivity index (χ0) is 17.5. The normalized spacial score (nSPS) is 9.79. The van der Waals surface area contributed by atoms with Crippen molar-refractivity contribution in [3.05, 3.63) is 54.4 Å². The highest BCUT2D eigenvalue weighted by Gasteiger charge is 2.17. The number of rotatable bonds is 7. The molecule has 7 heteroatoms. The summed E-state index contributed by atoms with van der Waals surface area (Å²) in [5.74, 6) is 0.824. The number of nitrogens with one attached hydrogen (secondary N) is 2. The van der Waals surface area contributed by atoms with Crippen LogP contribution in [0.25, 0.3) is 5.70 Å². The summed E-state index contributed by atoms with van der Waals surface area (Å²) in [6.07, 6.45) is 1.64. The lowest BCUT2D eigenvalue weighted by molar-refractivity contribution is 0.0941. The molecule has 1 heterocycles. The van der Waals surface area contributed by atoms with E-state index in [0.29, 0.717) is 34.2 Å². The van der Waals surface area contributed by atoms with Crippen molar-refractivity contribution < 1.29 is 19.0 Å². The third-order valence-corrected chi connectivity index (χ3v) is 3.23. The second-order valence-corrected chi connectivity index (χ2v) is 4.69. The van der Waals surface area contributed by atoms with Gasteiger partial charge in [-0.1, -0.05) is 12.6 Å². The van der Waals surface area contributed by atoms with Crippen molar-refractivity contribution in [1.29, 1.82) is 0 Å². The Morgan fingerprint density at radius 2 is 1.71 bits per heavy atom. The number of methoxy groups -OCH3 is 3. The van der Waals surface area contributed by atoms with Gasteiger partial charge in [-0.05, 0) is 24.3 Å². The van der Waals surface area contributed by atoms with Crippen LogP contribution in [-0.2, 0) is 0 Å². The second-order valence-electron chi connectivity index (χ2n) is 4.69. The van der Waals surface area contributed by atoms with Gasteiger partial charge in [0.25, 0.3) is 5.91 Å². The highest BCUT2D eigenvalue weighted by atomic mass is 16.5. The molecule has 0 saturated carbocycles. The number of benzene rings is 1. The molecule has 0 saturated heterocycles. The Labute approximate surface area is 140 Å². The number of carbonyl (C=O) groups excluding carboxylic acids is 1. The van der Waals surface area contributed by atoms with Crippen molar-refractivity contribution in [2.24, 2.45) is 0 Å². The second kappa shape index (κ2) is 7.87. The molecule has 1 amide bonds. The molecule has 2 N–H and O–H groups in total. The van der Waals surface area contributed by atoms with E-state index < -0.39 is 0 Å². The van der Waals surface area contributed by atoms with E-state index in [1.54, 1.807) is 30.5 Å². The predicted octanol–water partition coefficient (Wildman–Crippen LogP) is 2.01. The van der Waals surface area contributed by atoms with Gasteiger partial charge in [0.1, 0.15) is 0 Å². The monoisotopic (exact) mass is 329 g/mol. The Kier molecular flexibility index (Phi) is 5.62. The van der Waals surface area contributed by atoms with E-state index in [4.69, 9.17) is 14.2 Å². The lowest BCUT2D eigenvalue weighted by Gasteiger charge is -2.15. The summed E-state index contributed by atoms with van der Waals surface area (Å²) in [7, 11) is 4.47. The molecule has 1 aromatic heterocycles. The topological polar surface area (TPSA) is 81.7 Å². The molecule has 24 heavy (non-hydrogen) atoms. The third kappa shape index (κ3) is 3.75. The summed E-state index contributed by atoms with van der Waals surface area (Å²) in [4.78, 5) is 16.5. The maximum absolute atomic E-state index is 12.3. The van der Waals surface area contributed by atoms with E-state index in [1.807, 2.05) is 6.07 Å². The molecular formula is C17H19N3O4. The van der Waals surface area contributed by atoms with Crippen LogP contribution in [-0.4, -0.2) is 32.2 Å². The van der Waals surface area contributed by atoms with Crippen LogP contribution in [0.3, 0.4) is 0 Å². The summed E-state index contributed by atoms with van der Waals surface area (Å²) in [5, 5.41) is 0. The van der Waals surface area contributed by atoms with Crippen molar-refractivity contribution in [3.63, 3.8) is 0 Å². The zero-order valence-corrected chi connectivity index (χ0v) is 13.8. The van der Waals surface area contributed by atoms with Crippen LogP contribution in [0.1, 0.15) is 16.1 Å². The molecule has 0 atom stereocenters.